The Labute approximate surface area is 118 Å². The summed E-state index contributed by atoms with van der Waals surface area (Å²) in [6.07, 6.45) is -4.53. The van der Waals surface area contributed by atoms with E-state index >= 15 is 0 Å². The van der Waals surface area contributed by atoms with Gasteiger partial charge < -0.3 is 5.73 Å². The number of nitrogens with two attached hydrogens (primary N) is 1. The van der Waals surface area contributed by atoms with E-state index in [1.165, 1.54) is 23.9 Å². The van der Waals surface area contributed by atoms with E-state index in [2.05, 4.69) is 0 Å². The highest BCUT2D eigenvalue weighted by atomic mass is 32.2. The molecular formula is C14H9F3N2S. The summed E-state index contributed by atoms with van der Waals surface area (Å²) in [7, 11) is 0. The lowest BCUT2D eigenvalue weighted by molar-refractivity contribution is -0.137. The molecule has 0 heterocycles. The van der Waals surface area contributed by atoms with Crippen molar-refractivity contribution >= 4 is 17.4 Å². The number of hydrogen-bond acceptors (Lipinski definition) is 3. The zero-order valence-corrected chi connectivity index (χ0v) is 10.9. The van der Waals surface area contributed by atoms with Gasteiger partial charge in [0, 0.05) is 15.5 Å². The number of anilines is 1. The van der Waals surface area contributed by atoms with Crippen LogP contribution in [-0.4, -0.2) is 0 Å². The van der Waals surface area contributed by atoms with Gasteiger partial charge in [-0.2, -0.15) is 18.4 Å². The maximum absolute atomic E-state index is 12.7. The summed E-state index contributed by atoms with van der Waals surface area (Å²) in [6.45, 7) is 0. The first-order valence-electron chi connectivity index (χ1n) is 5.55. The second-order valence-corrected chi connectivity index (χ2v) is 5.07. The van der Waals surface area contributed by atoms with Crippen LogP contribution in [0, 0.1) is 11.3 Å². The molecule has 102 valence electrons. The Kier molecular flexibility index (Phi) is 3.91. The van der Waals surface area contributed by atoms with Crippen LogP contribution in [0.25, 0.3) is 0 Å². The maximum Gasteiger partial charge on any atom is 0.417 e. The average Bonchev–Trinajstić information content (AvgIpc) is 2.40. The Morgan fingerprint density at radius 1 is 1.10 bits per heavy atom. The Morgan fingerprint density at radius 3 is 2.40 bits per heavy atom. The number of benzene rings is 2. The fourth-order valence-corrected chi connectivity index (χ4v) is 2.53. The number of halogens is 3. The van der Waals surface area contributed by atoms with Crippen LogP contribution < -0.4 is 5.73 Å². The van der Waals surface area contributed by atoms with Crippen LogP contribution >= 0.6 is 11.8 Å². The van der Waals surface area contributed by atoms with E-state index in [4.69, 9.17) is 11.0 Å². The summed E-state index contributed by atoms with van der Waals surface area (Å²) in [5, 5.41) is 8.84. The quantitative estimate of drug-likeness (QED) is 0.840. The Hall–Kier alpha value is -2.13. The lowest BCUT2D eigenvalue weighted by Gasteiger charge is -2.10. The van der Waals surface area contributed by atoms with Crippen LogP contribution in [0.3, 0.4) is 0 Å². The zero-order chi connectivity index (χ0) is 14.8. The van der Waals surface area contributed by atoms with Gasteiger partial charge in [0.1, 0.15) is 0 Å². The molecule has 2 rings (SSSR count). The van der Waals surface area contributed by atoms with Gasteiger partial charge in [0.05, 0.1) is 17.2 Å². The largest absolute Gasteiger partial charge is 0.417 e. The van der Waals surface area contributed by atoms with Crippen LogP contribution in [0.1, 0.15) is 11.1 Å². The third-order valence-corrected chi connectivity index (χ3v) is 3.65. The molecule has 2 nitrogen and oxygen atoms in total. The molecule has 0 radical (unpaired) electrons. The molecule has 0 unspecified atom stereocenters. The Balaban J connectivity index is 2.37. The molecule has 0 amide bonds. The number of alkyl halides is 3. The fraction of sp³-hybridized carbons (Fsp3) is 0.0714. The van der Waals surface area contributed by atoms with Crippen molar-refractivity contribution in [2.75, 3.05) is 5.73 Å². The van der Waals surface area contributed by atoms with Crippen LogP contribution in [0.5, 0.6) is 0 Å². The summed E-state index contributed by atoms with van der Waals surface area (Å²) in [4.78, 5) is 1.27. The van der Waals surface area contributed by atoms with Crippen molar-refractivity contribution < 1.29 is 13.2 Å². The number of rotatable bonds is 2. The lowest BCUT2D eigenvalue weighted by atomic mass is 10.1. The van der Waals surface area contributed by atoms with Crippen molar-refractivity contribution in [1.82, 2.24) is 0 Å². The minimum absolute atomic E-state index is 0.392. The third kappa shape index (κ3) is 3.06. The molecule has 20 heavy (non-hydrogen) atoms. The summed E-state index contributed by atoms with van der Waals surface area (Å²) < 4.78 is 38.0. The highest BCUT2D eigenvalue weighted by molar-refractivity contribution is 7.99. The molecule has 0 fully saturated rings. The molecule has 6 heteroatoms. The highest BCUT2D eigenvalue weighted by Crippen LogP contribution is 2.36. The minimum atomic E-state index is -4.53. The molecule has 0 aliphatic rings. The SMILES string of the molecule is N#Cc1cc(Sc2ccccc2N)ccc1C(F)(F)F. The molecule has 0 saturated carbocycles. The van der Waals surface area contributed by atoms with Gasteiger partial charge in [-0.3, -0.25) is 0 Å². The zero-order valence-electron chi connectivity index (χ0n) is 10.1. The van der Waals surface area contributed by atoms with E-state index in [-0.39, 0.29) is 0 Å². The maximum atomic E-state index is 12.7. The number of nitrogen functional groups attached to an aromatic ring is 1. The van der Waals surface area contributed by atoms with Crippen LogP contribution in [0.4, 0.5) is 18.9 Å². The van der Waals surface area contributed by atoms with Crippen LogP contribution in [-0.2, 0) is 6.18 Å². The molecule has 2 aromatic carbocycles. The predicted octanol–water partition coefficient (Wildman–Crippen LogP) is 4.31. The molecule has 0 bridgehead atoms. The standard InChI is InChI=1S/C14H9F3N2S/c15-14(16,17)11-6-5-10(7-9(11)8-18)20-13-4-2-1-3-12(13)19/h1-7H,19H2. The van der Waals surface area contributed by atoms with Gasteiger partial charge in [-0.05, 0) is 30.3 Å². The van der Waals surface area contributed by atoms with Gasteiger partial charge in [-0.25, -0.2) is 0 Å². The molecule has 0 saturated heterocycles. The topological polar surface area (TPSA) is 49.8 Å². The van der Waals surface area contributed by atoms with Gasteiger partial charge >= 0.3 is 6.18 Å². The van der Waals surface area contributed by atoms with Gasteiger partial charge in [-0.15, -0.1) is 0 Å². The molecule has 0 aromatic heterocycles. The summed E-state index contributed by atoms with van der Waals surface area (Å²) in [5.41, 5.74) is 4.99. The third-order valence-electron chi connectivity index (χ3n) is 2.56. The number of hydrogen-bond donors (Lipinski definition) is 1. The monoisotopic (exact) mass is 294 g/mol. The predicted molar refractivity (Wildman–Crippen MR) is 71.1 cm³/mol. The number of nitriles is 1. The first-order chi connectivity index (χ1) is 9.41. The van der Waals surface area contributed by atoms with Gasteiger partial charge in [0.25, 0.3) is 0 Å². The molecule has 0 aliphatic heterocycles. The Bertz CT molecular complexity index is 675. The van der Waals surface area contributed by atoms with E-state index in [9.17, 15) is 13.2 Å². The van der Waals surface area contributed by atoms with Crippen molar-refractivity contribution in [2.24, 2.45) is 0 Å². The van der Waals surface area contributed by atoms with Crippen molar-refractivity contribution in [3.63, 3.8) is 0 Å². The van der Waals surface area contributed by atoms with Crippen LogP contribution in [0.2, 0.25) is 0 Å². The van der Waals surface area contributed by atoms with E-state index in [0.29, 0.717) is 10.6 Å². The Morgan fingerprint density at radius 2 is 1.80 bits per heavy atom. The fourth-order valence-electron chi connectivity index (χ4n) is 1.63. The summed E-state index contributed by atoms with van der Waals surface area (Å²) in [5.74, 6) is 0. The van der Waals surface area contributed by atoms with Gasteiger partial charge in [0.15, 0.2) is 0 Å². The minimum Gasteiger partial charge on any atom is -0.398 e. The van der Waals surface area contributed by atoms with Gasteiger partial charge in [0.2, 0.25) is 0 Å². The summed E-state index contributed by atoms with van der Waals surface area (Å²) in [6, 6.07) is 12.1. The summed E-state index contributed by atoms with van der Waals surface area (Å²) >= 11 is 1.22. The van der Waals surface area contributed by atoms with Crippen molar-refractivity contribution in [3.8, 4) is 6.07 Å². The normalized spacial score (nSPS) is 11.1. The van der Waals surface area contributed by atoms with E-state index in [1.54, 1.807) is 30.3 Å². The second-order valence-electron chi connectivity index (χ2n) is 3.96. The number of nitrogens with zero attached hydrogens (tertiary/aromatic N) is 1. The molecule has 0 aliphatic carbocycles. The number of para-hydroxylation sites is 1. The molecule has 0 spiro atoms. The average molecular weight is 294 g/mol. The first kappa shape index (κ1) is 14.3. The smallest absolute Gasteiger partial charge is 0.398 e. The molecule has 2 N–H and O–H groups in total. The van der Waals surface area contributed by atoms with Gasteiger partial charge in [-0.1, -0.05) is 23.9 Å². The second kappa shape index (κ2) is 5.47. The highest BCUT2D eigenvalue weighted by Gasteiger charge is 2.33. The van der Waals surface area contributed by atoms with Crippen molar-refractivity contribution in [2.45, 2.75) is 16.0 Å². The lowest BCUT2D eigenvalue weighted by Crippen LogP contribution is -2.07. The molecular weight excluding hydrogens is 285 g/mol. The van der Waals surface area contributed by atoms with Crippen molar-refractivity contribution in [3.05, 3.63) is 53.6 Å². The first-order valence-corrected chi connectivity index (χ1v) is 6.37. The van der Waals surface area contributed by atoms with E-state index < -0.39 is 17.3 Å². The van der Waals surface area contributed by atoms with E-state index in [1.807, 2.05) is 0 Å². The van der Waals surface area contributed by atoms with Crippen molar-refractivity contribution in [1.29, 1.82) is 5.26 Å². The van der Waals surface area contributed by atoms with E-state index in [0.717, 1.165) is 11.0 Å². The molecule has 2 aromatic rings. The molecule has 0 atom stereocenters. The van der Waals surface area contributed by atoms with Crippen LogP contribution in [0.15, 0.2) is 52.3 Å².